The Bertz CT molecular complexity index is 3870. The number of nitrogens with zero attached hydrogens (tertiary/aromatic N) is 4. The standard InChI is InChI=1S/C71H73BN4O2/c1-67(2,3)45-27-30-52(31-28-45)75-58-43-53(74(50-22-18-16-19-23-50)51-24-20-17-21-25-51)32-33-57(58)72-63-59(75)41-49(71(13,14)15)42-60(63)76(54-38-47(69(7,8)9)37-48(39-54)70(10,11)12)66-64(72)73-65(78-66)44-26-34-61-55(36-44)56-40-46(68(4,5)6)29-35-62(56)77-61/h16-43H,1-15H3. The Morgan fingerprint density at radius 1 is 0.397 bits per heavy atom. The number of furan rings is 1. The van der Waals surface area contributed by atoms with E-state index in [1.807, 2.05) is 0 Å². The number of hydrogen-bond donors (Lipinski definition) is 0. The van der Waals surface area contributed by atoms with Crippen LogP contribution in [-0.2, 0) is 27.1 Å². The van der Waals surface area contributed by atoms with E-state index >= 15 is 0 Å². The number of para-hydroxylation sites is 2. The van der Waals surface area contributed by atoms with Crippen molar-refractivity contribution >= 4 is 96.6 Å². The lowest BCUT2D eigenvalue weighted by molar-refractivity contribution is 0.566. The first-order valence-corrected chi connectivity index (χ1v) is 27.9. The summed E-state index contributed by atoms with van der Waals surface area (Å²) in [5, 5.41) is 2.13. The van der Waals surface area contributed by atoms with Crippen LogP contribution >= 0.6 is 0 Å². The number of oxazole rings is 1. The Morgan fingerprint density at radius 3 is 1.47 bits per heavy atom. The van der Waals surface area contributed by atoms with Gasteiger partial charge in [0.1, 0.15) is 11.2 Å². The molecule has 0 atom stereocenters. The summed E-state index contributed by atoms with van der Waals surface area (Å²) in [7, 11) is 0. The molecule has 0 radical (unpaired) electrons. The van der Waals surface area contributed by atoms with Crippen LogP contribution in [0.1, 0.15) is 132 Å². The fraction of sp³-hybridized carbons (Fsp3) is 0.282. The van der Waals surface area contributed by atoms with Gasteiger partial charge in [0.2, 0.25) is 11.8 Å². The van der Waals surface area contributed by atoms with Crippen molar-refractivity contribution < 1.29 is 8.83 Å². The van der Waals surface area contributed by atoms with E-state index in [0.717, 1.165) is 89.9 Å². The minimum atomic E-state index is -0.287. The summed E-state index contributed by atoms with van der Waals surface area (Å²) in [5.74, 6) is 1.30. The fourth-order valence-electron chi connectivity index (χ4n) is 11.5. The van der Waals surface area contributed by atoms with Crippen molar-refractivity contribution in [2.24, 2.45) is 0 Å². The lowest BCUT2D eigenvalue weighted by Crippen LogP contribution is -2.61. The number of aromatic nitrogens is 1. The van der Waals surface area contributed by atoms with Crippen LogP contribution in [0.2, 0.25) is 0 Å². The summed E-state index contributed by atoms with van der Waals surface area (Å²) in [6, 6.07) is 62.8. The van der Waals surface area contributed by atoms with Crippen molar-refractivity contribution in [3.05, 3.63) is 198 Å². The zero-order valence-electron chi connectivity index (χ0n) is 48.3. The second-order valence-corrected chi connectivity index (χ2v) is 27.1. The maximum Gasteiger partial charge on any atom is 0.279 e. The van der Waals surface area contributed by atoms with Gasteiger partial charge in [-0.2, -0.15) is 0 Å². The molecule has 4 heterocycles. The second-order valence-electron chi connectivity index (χ2n) is 27.1. The highest BCUT2D eigenvalue weighted by Gasteiger charge is 2.48. The third-order valence-electron chi connectivity index (χ3n) is 16.2. The van der Waals surface area contributed by atoms with Crippen LogP contribution in [0.5, 0.6) is 0 Å². The average Bonchev–Trinajstić information content (AvgIpc) is 3.01. The summed E-state index contributed by atoms with van der Waals surface area (Å²) >= 11 is 0. The predicted molar refractivity (Wildman–Crippen MR) is 331 cm³/mol. The monoisotopic (exact) mass is 1020 g/mol. The highest BCUT2D eigenvalue weighted by molar-refractivity contribution is 6.99. The van der Waals surface area contributed by atoms with E-state index in [2.05, 4.69) is 288 Å². The van der Waals surface area contributed by atoms with Gasteiger partial charge in [0.05, 0.1) is 5.59 Å². The number of anilines is 9. The van der Waals surface area contributed by atoms with Crippen molar-refractivity contribution in [2.45, 2.75) is 131 Å². The smallest absolute Gasteiger partial charge is 0.279 e. The molecular formula is C71H73BN4O2. The van der Waals surface area contributed by atoms with Crippen molar-refractivity contribution in [1.82, 2.24) is 4.98 Å². The first kappa shape index (κ1) is 51.0. The highest BCUT2D eigenvalue weighted by Crippen LogP contribution is 2.50. The van der Waals surface area contributed by atoms with Crippen molar-refractivity contribution in [3.8, 4) is 11.5 Å². The molecule has 0 aliphatic carbocycles. The Kier molecular flexibility index (Phi) is 11.7. The molecule has 78 heavy (non-hydrogen) atoms. The quantitative estimate of drug-likeness (QED) is 0.155. The summed E-state index contributed by atoms with van der Waals surface area (Å²) in [6.07, 6.45) is 0. The van der Waals surface area contributed by atoms with Crippen LogP contribution in [0, 0.1) is 0 Å². The number of fused-ring (bicyclic) bond motifs is 7. The van der Waals surface area contributed by atoms with E-state index in [4.69, 9.17) is 13.8 Å². The predicted octanol–water partition coefficient (Wildman–Crippen LogP) is 18.3. The first-order chi connectivity index (χ1) is 36.8. The first-order valence-electron chi connectivity index (χ1n) is 27.9. The van der Waals surface area contributed by atoms with Crippen LogP contribution in [0.15, 0.2) is 179 Å². The molecule has 2 aromatic heterocycles. The molecule has 0 N–H and O–H groups in total. The number of hydrogen-bond acceptors (Lipinski definition) is 6. The van der Waals surface area contributed by atoms with Gasteiger partial charge in [0.15, 0.2) is 0 Å². The van der Waals surface area contributed by atoms with Gasteiger partial charge < -0.3 is 18.6 Å². The Balaban J connectivity index is 1.18. The molecule has 0 saturated heterocycles. The summed E-state index contributed by atoms with van der Waals surface area (Å²) in [4.78, 5) is 13.1. The maximum atomic E-state index is 7.52. The van der Waals surface area contributed by atoms with Gasteiger partial charge in [-0.15, -0.1) is 0 Å². The molecule has 0 unspecified atom stereocenters. The minimum absolute atomic E-state index is 0.0204. The van der Waals surface area contributed by atoms with Crippen molar-refractivity contribution in [1.29, 1.82) is 0 Å². The Hall–Kier alpha value is -7.77. The summed E-state index contributed by atoms with van der Waals surface area (Å²) in [5.41, 5.74) is 20.3. The molecule has 0 amide bonds. The molecule has 2 aliphatic rings. The van der Waals surface area contributed by atoms with Gasteiger partial charge in [-0.05, 0) is 169 Å². The molecular weight excluding hydrogens is 952 g/mol. The van der Waals surface area contributed by atoms with Crippen molar-refractivity contribution in [2.75, 3.05) is 14.7 Å². The highest BCUT2D eigenvalue weighted by atomic mass is 16.4. The van der Waals surface area contributed by atoms with Gasteiger partial charge in [-0.3, -0.25) is 4.90 Å². The molecule has 12 rings (SSSR count). The summed E-state index contributed by atoms with van der Waals surface area (Å²) in [6.45, 7) is 34.2. The van der Waals surface area contributed by atoms with Gasteiger partial charge in [0.25, 0.3) is 6.71 Å². The van der Waals surface area contributed by atoms with Crippen LogP contribution < -0.4 is 31.2 Å². The van der Waals surface area contributed by atoms with Crippen LogP contribution in [0.3, 0.4) is 0 Å². The van der Waals surface area contributed by atoms with Crippen LogP contribution in [-0.4, -0.2) is 11.7 Å². The molecule has 0 spiro atoms. The SMILES string of the molecule is CC(C)(C)c1ccc(N2c3cc(N(c4ccccc4)c4ccccc4)ccc3B3c4nc(-c5ccc6oc7ccc(C(C)(C)C)cc7c6c5)oc4N(c4cc(C(C)(C)C)cc(C(C)(C)C)c4)c4cc(C(C)(C)C)cc2c43)cc1. The average molecular weight is 1030 g/mol. The van der Waals surface area contributed by atoms with Crippen LogP contribution in [0.25, 0.3) is 33.4 Å². The molecule has 0 bridgehead atoms. The van der Waals surface area contributed by atoms with E-state index in [9.17, 15) is 0 Å². The molecule has 0 fully saturated rings. The van der Waals surface area contributed by atoms with E-state index in [1.54, 1.807) is 0 Å². The fourth-order valence-corrected chi connectivity index (χ4v) is 11.5. The molecule has 6 nitrogen and oxygen atoms in total. The zero-order valence-corrected chi connectivity index (χ0v) is 48.3. The second kappa shape index (κ2) is 17.9. The third kappa shape index (κ3) is 8.80. The van der Waals surface area contributed by atoms with Gasteiger partial charge >= 0.3 is 0 Å². The van der Waals surface area contributed by atoms with E-state index in [1.165, 1.54) is 33.3 Å². The van der Waals surface area contributed by atoms with Crippen molar-refractivity contribution in [3.63, 3.8) is 0 Å². The molecule has 8 aromatic carbocycles. The topological polar surface area (TPSA) is 48.9 Å². The normalized spacial score (nSPS) is 13.8. The van der Waals surface area contributed by atoms with Gasteiger partial charge in [0, 0.05) is 61.8 Å². The minimum Gasteiger partial charge on any atom is -0.456 e. The molecule has 2 aliphatic heterocycles. The van der Waals surface area contributed by atoms with Gasteiger partial charge in [-0.1, -0.05) is 171 Å². The molecule has 0 saturated carbocycles. The number of rotatable bonds is 6. The lowest BCUT2D eigenvalue weighted by atomic mass is 9.35. The molecule has 10 aromatic rings. The van der Waals surface area contributed by atoms with Gasteiger partial charge in [-0.25, -0.2) is 4.98 Å². The molecule has 392 valence electrons. The lowest BCUT2D eigenvalue weighted by Gasteiger charge is -2.43. The van der Waals surface area contributed by atoms with E-state index < -0.39 is 0 Å². The van der Waals surface area contributed by atoms with E-state index in [-0.39, 0.29) is 33.8 Å². The number of benzene rings is 8. The molecule has 7 heteroatoms. The Morgan fingerprint density at radius 2 is 0.910 bits per heavy atom. The Labute approximate surface area is 462 Å². The third-order valence-corrected chi connectivity index (χ3v) is 16.2. The largest absolute Gasteiger partial charge is 0.456 e. The van der Waals surface area contributed by atoms with E-state index in [0.29, 0.717) is 5.89 Å². The zero-order chi connectivity index (χ0) is 55.0. The summed E-state index contributed by atoms with van der Waals surface area (Å²) < 4.78 is 14.0. The maximum absolute atomic E-state index is 7.52. The van der Waals surface area contributed by atoms with Crippen LogP contribution in [0.4, 0.5) is 51.4 Å².